The maximum Gasteiger partial charge on any atom is 0.534 e. The first kappa shape index (κ1) is 21.9. The Labute approximate surface area is 141 Å². The summed E-state index contributed by atoms with van der Waals surface area (Å²) in [5.74, 6) is -1.00. The predicted octanol–water partition coefficient (Wildman–Crippen LogP) is 2.29. The maximum atomic E-state index is 12.2. The Kier molecular flexibility index (Phi) is 7.88. The first-order valence-electron chi connectivity index (χ1n) is 6.28. The second-order valence-electron chi connectivity index (χ2n) is 4.32. The summed E-state index contributed by atoms with van der Waals surface area (Å²) in [5, 5.41) is 8.90. The molecular weight excluding hydrogens is 371 g/mol. The summed E-state index contributed by atoms with van der Waals surface area (Å²) >= 11 is 4.79. The van der Waals surface area contributed by atoms with E-state index in [1.807, 2.05) is 0 Å². The van der Waals surface area contributed by atoms with E-state index in [-0.39, 0.29) is 16.1 Å². The van der Waals surface area contributed by atoms with Crippen LogP contribution in [-0.4, -0.2) is 24.8 Å². The molecule has 0 aliphatic heterocycles. The minimum atomic E-state index is -5.78. The lowest BCUT2D eigenvalue weighted by Gasteiger charge is -2.11. The first-order valence-corrected chi connectivity index (χ1v) is 8.10. The Morgan fingerprint density at radius 1 is 1.50 bits per heavy atom. The molecule has 0 unspecified atom stereocenters. The zero-order chi connectivity index (χ0) is 19.1. The van der Waals surface area contributed by atoms with Crippen molar-refractivity contribution in [2.24, 2.45) is 5.73 Å². The van der Waals surface area contributed by atoms with Gasteiger partial charge in [0.05, 0.1) is 5.56 Å². The molecule has 0 aliphatic carbocycles. The van der Waals surface area contributed by atoms with Crippen LogP contribution in [0, 0.1) is 16.0 Å². The molecule has 0 saturated heterocycles. The lowest BCUT2D eigenvalue weighted by molar-refractivity contribution is -0.115. The number of nitrogens with one attached hydrogen (secondary N) is 1. The van der Waals surface area contributed by atoms with Crippen molar-refractivity contribution >= 4 is 28.2 Å². The van der Waals surface area contributed by atoms with E-state index in [0.29, 0.717) is 18.4 Å². The van der Waals surface area contributed by atoms with Gasteiger partial charge in [-0.3, -0.25) is 4.79 Å². The average molecular weight is 385 g/mol. The van der Waals surface area contributed by atoms with Gasteiger partial charge in [-0.25, -0.2) is 0 Å². The molecule has 0 atom stereocenters. The number of nitrogens with zero attached hydrogens (tertiary/aromatic N) is 1. The number of hydrogen-bond donors (Lipinski definition) is 2. The van der Waals surface area contributed by atoms with Crippen molar-refractivity contribution in [3.8, 4) is 11.9 Å². The molecule has 1 amide bonds. The molecule has 134 valence electrons. The molecule has 0 radical (unpaired) electrons. The molecular formula is C12H14F3N3O4S2. The van der Waals surface area contributed by atoms with Crippen LogP contribution < -0.4 is 9.92 Å². The number of nitriles is 1. The number of alkyl halides is 3. The van der Waals surface area contributed by atoms with Crippen LogP contribution >= 0.6 is 12.2 Å². The highest BCUT2D eigenvalue weighted by Crippen LogP contribution is 2.27. The highest BCUT2D eigenvalue weighted by Gasteiger charge is 2.48. The number of rotatable bonds is 4. The molecule has 12 heteroatoms. The Hall–Kier alpha value is -2.13. The molecule has 1 aromatic heterocycles. The monoisotopic (exact) mass is 385 g/mol. The van der Waals surface area contributed by atoms with E-state index in [2.05, 4.69) is 14.9 Å². The Morgan fingerprint density at radius 2 is 2.00 bits per heavy atom. The minimum absolute atomic E-state index is 0.0820. The summed E-state index contributed by atoms with van der Waals surface area (Å²) in [6.45, 7) is 3.09. The van der Waals surface area contributed by atoms with Crippen molar-refractivity contribution in [2.45, 2.75) is 32.2 Å². The molecule has 7 nitrogen and oxygen atoms in total. The van der Waals surface area contributed by atoms with E-state index < -0.39 is 21.5 Å². The van der Waals surface area contributed by atoms with Gasteiger partial charge in [0.2, 0.25) is 11.8 Å². The van der Waals surface area contributed by atoms with Gasteiger partial charge in [-0.15, -0.1) is 0 Å². The number of carbonyl (C=O) groups excluding carboxylic acids is 1. The summed E-state index contributed by atoms with van der Waals surface area (Å²) in [7, 11) is -5.78. The Morgan fingerprint density at radius 3 is 2.38 bits per heavy atom. The molecule has 1 aromatic rings. The van der Waals surface area contributed by atoms with Crippen LogP contribution in [0.5, 0.6) is 5.88 Å². The van der Waals surface area contributed by atoms with Crippen molar-refractivity contribution < 1.29 is 30.6 Å². The SMILES string of the molecule is CC(N)=O.CCCc1cc(OS(=O)(=O)C(F)(F)F)[nH]c(=S)c1C#N. The van der Waals surface area contributed by atoms with Gasteiger partial charge in [-0.05, 0) is 12.0 Å². The molecule has 1 rings (SSSR count). The van der Waals surface area contributed by atoms with Crippen molar-refractivity contribution in [3.05, 3.63) is 21.8 Å². The fourth-order valence-electron chi connectivity index (χ4n) is 1.39. The molecule has 1 heterocycles. The van der Waals surface area contributed by atoms with E-state index in [1.54, 1.807) is 13.0 Å². The molecule has 0 saturated carbocycles. The molecule has 0 aliphatic rings. The summed E-state index contributed by atoms with van der Waals surface area (Å²) in [6.07, 6.45) is 0.947. The number of hydrogen-bond acceptors (Lipinski definition) is 6. The Balaban J connectivity index is 0.00000118. The van der Waals surface area contributed by atoms with Gasteiger partial charge in [-0.1, -0.05) is 25.6 Å². The van der Waals surface area contributed by atoms with Gasteiger partial charge in [0.1, 0.15) is 10.7 Å². The fourth-order valence-corrected chi connectivity index (χ4v) is 2.08. The number of aryl methyl sites for hydroxylation is 1. The topological polar surface area (TPSA) is 126 Å². The van der Waals surface area contributed by atoms with Crippen LogP contribution in [0.1, 0.15) is 31.4 Å². The van der Waals surface area contributed by atoms with Gasteiger partial charge >= 0.3 is 15.6 Å². The summed E-state index contributed by atoms with van der Waals surface area (Å²) in [6, 6.07) is 2.84. The summed E-state index contributed by atoms with van der Waals surface area (Å²) in [5.41, 5.74) is -0.661. The van der Waals surface area contributed by atoms with E-state index in [4.69, 9.17) is 17.5 Å². The van der Waals surface area contributed by atoms with Crippen molar-refractivity contribution in [1.29, 1.82) is 5.26 Å². The third kappa shape index (κ3) is 6.55. The molecule has 0 spiro atoms. The van der Waals surface area contributed by atoms with Crippen LogP contribution in [-0.2, 0) is 21.3 Å². The lowest BCUT2D eigenvalue weighted by Crippen LogP contribution is -2.28. The molecule has 24 heavy (non-hydrogen) atoms. The van der Waals surface area contributed by atoms with E-state index >= 15 is 0 Å². The zero-order valence-corrected chi connectivity index (χ0v) is 14.2. The van der Waals surface area contributed by atoms with Gasteiger partial charge in [0, 0.05) is 13.0 Å². The number of aromatic nitrogens is 1. The minimum Gasteiger partial charge on any atom is -0.370 e. The van der Waals surface area contributed by atoms with Crippen LogP contribution in [0.2, 0.25) is 0 Å². The maximum absolute atomic E-state index is 12.2. The highest BCUT2D eigenvalue weighted by molar-refractivity contribution is 7.87. The second-order valence-corrected chi connectivity index (χ2v) is 6.26. The number of primary amides is 1. The van der Waals surface area contributed by atoms with E-state index in [1.165, 1.54) is 6.92 Å². The number of carbonyl (C=O) groups is 1. The molecule has 3 N–H and O–H groups in total. The number of nitrogens with two attached hydrogens (primary N) is 1. The predicted molar refractivity (Wildman–Crippen MR) is 80.8 cm³/mol. The summed E-state index contributed by atoms with van der Waals surface area (Å²) < 4.78 is 62.2. The number of aromatic amines is 1. The summed E-state index contributed by atoms with van der Waals surface area (Å²) in [4.78, 5) is 11.4. The zero-order valence-electron chi connectivity index (χ0n) is 12.6. The van der Waals surface area contributed by atoms with Crippen LogP contribution in [0.3, 0.4) is 0 Å². The van der Waals surface area contributed by atoms with E-state index in [0.717, 1.165) is 6.07 Å². The van der Waals surface area contributed by atoms with Crippen LogP contribution in [0.15, 0.2) is 6.07 Å². The van der Waals surface area contributed by atoms with Gasteiger partial charge in [0.15, 0.2) is 0 Å². The van der Waals surface area contributed by atoms with Gasteiger partial charge < -0.3 is 14.9 Å². The molecule has 0 bridgehead atoms. The van der Waals surface area contributed by atoms with Crippen LogP contribution in [0.25, 0.3) is 0 Å². The number of halogens is 3. The van der Waals surface area contributed by atoms with Crippen LogP contribution in [0.4, 0.5) is 13.2 Å². The highest BCUT2D eigenvalue weighted by atomic mass is 32.2. The first-order chi connectivity index (χ1) is 10.9. The van der Waals surface area contributed by atoms with E-state index in [9.17, 15) is 26.4 Å². The van der Waals surface area contributed by atoms with Gasteiger partial charge in [0.25, 0.3) is 0 Å². The van der Waals surface area contributed by atoms with Crippen molar-refractivity contribution in [1.82, 2.24) is 4.98 Å². The fraction of sp³-hybridized carbons (Fsp3) is 0.417. The third-order valence-corrected chi connectivity index (χ3v) is 3.48. The number of H-pyrrole nitrogens is 1. The lowest BCUT2D eigenvalue weighted by atomic mass is 10.1. The molecule has 0 fully saturated rings. The number of amides is 1. The average Bonchev–Trinajstić information content (AvgIpc) is 2.36. The van der Waals surface area contributed by atoms with Crippen molar-refractivity contribution in [3.63, 3.8) is 0 Å². The number of pyridine rings is 1. The smallest absolute Gasteiger partial charge is 0.370 e. The molecule has 0 aromatic carbocycles. The van der Waals surface area contributed by atoms with Crippen molar-refractivity contribution in [2.75, 3.05) is 0 Å². The van der Waals surface area contributed by atoms with Gasteiger partial charge in [-0.2, -0.15) is 26.9 Å². The third-order valence-electron chi connectivity index (χ3n) is 2.20. The quantitative estimate of drug-likeness (QED) is 0.465. The second kappa shape index (κ2) is 8.65. The largest absolute Gasteiger partial charge is 0.534 e. The standard InChI is InChI=1S/C10H9F3N2O3S2.C2H5NO/c1-2-3-6-4-8(15-9(19)7(6)5-14)18-20(16,17)10(11,12)13;1-2(3)4/h4H,2-3H2,1H3,(H,15,19);1H3,(H2,3,4). The Bertz CT molecular complexity index is 791. The normalized spacial score (nSPS) is 11.0.